The van der Waals surface area contributed by atoms with E-state index in [1.54, 1.807) is 12.4 Å². The summed E-state index contributed by atoms with van der Waals surface area (Å²) in [7, 11) is 0. The highest BCUT2D eigenvalue weighted by atomic mass is 16.2. The lowest BCUT2D eigenvalue weighted by molar-refractivity contribution is -0.136. The fraction of sp³-hybridized carbons (Fsp3) is 0.632. The second-order valence-corrected chi connectivity index (χ2v) is 7.52. The lowest BCUT2D eigenvalue weighted by Gasteiger charge is -2.40. The van der Waals surface area contributed by atoms with Gasteiger partial charge in [-0.3, -0.25) is 9.78 Å². The molecule has 0 aliphatic carbocycles. The zero-order chi connectivity index (χ0) is 17.8. The highest BCUT2D eigenvalue weighted by molar-refractivity contribution is 5.78. The number of nitrogens with one attached hydrogen (secondary N) is 1. The van der Waals surface area contributed by atoms with Gasteiger partial charge in [-0.05, 0) is 36.5 Å². The first kappa shape index (κ1) is 17.7. The number of carbonyl (C=O) groups excluding carboxylic acids is 2. The average Bonchev–Trinajstić information content (AvgIpc) is 2.59. The van der Waals surface area contributed by atoms with E-state index in [1.165, 1.54) is 5.56 Å². The van der Waals surface area contributed by atoms with Crippen LogP contribution >= 0.6 is 0 Å². The number of urea groups is 1. The Morgan fingerprint density at radius 3 is 2.60 bits per heavy atom. The molecule has 0 aromatic carbocycles. The highest BCUT2D eigenvalue weighted by Gasteiger charge is 2.32. The van der Waals surface area contributed by atoms with Crippen LogP contribution in [-0.2, 0) is 4.79 Å². The molecule has 1 aromatic rings. The van der Waals surface area contributed by atoms with Crippen molar-refractivity contribution in [3.8, 4) is 0 Å². The van der Waals surface area contributed by atoms with Gasteiger partial charge in [0.1, 0.15) is 0 Å². The van der Waals surface area contributed by atoms with E-state index in [0.717, 1.165) is 39.0 Å². The number of nitrogens with zero attached hydrogens (tertiary/aromatic N) is 3. The van der Waals surface area contributed by atoms with Crippen molar-refractivity contribution < 1.29 is 9.59 Å². The summed E-state index contributed by atoms with van der Waals surface area (Å²) < 4.78 is 0. The molecule has 1 atom stereocenters. The molecule has 1 aromatic heterocycles. The number of hydrogen-bond acceptors (Lipinski definition) is 3. The summed E-state index contributed by atoms with van der Waals surface area (Å²) in [6.45, 7) is 7.67. The van der Waals surface area contributed by atoms with Gasteiger partial charge in [0.2, 0.25) is 5.91 Å². The van der Waals surface area contributed by atoms with Crippen LogP contribution in [0.3, 0.4) is 0 Å². The van der Waals surface area contributed by atoms with E-state index < -0.39 is 0 Å². The zero-order valence-corrected chi connectivity index (χ0v) is 15.1. The number of amides is 3. The Balaban J connectivity index is 1.40. The minimum Gasteiger partial charge on any atom is -0.342 e. The van der Waals surface area contributed by atoms with Gasteiger partial charge >= 0.3 is 6.03 Å². The fourth-order valence-electron chi connectivity index (χ4n) is 3.63. The molecule has 2 fully saturated rings. The fourth-order valence-corrected chi connectivity index (χ4v) is 3.63. The largest absolute Gasteiger partial charge is 0.342 e. The smallest absolute Gasteiger partial charge is 0.317 e. The first-order valence-corrected chi connectivity index (χ1v) is 9.26. The molecule has 3 heterocycles. The van der Waals surface area contributed by atoms with Crippen molar-refractivity contribution in [1.82, 2.24) is 20.1 Å². The molecule has 0 spiro atoms. The van der Waals surface area contributed by atoms with Crippen LogP contribution in [0, 0.1) is 11.8 Å². The van der Waals surface area contributed by atoms with Crippen LogP contribution in [0.4, 0.5) is 4.79 Å². The third kappa shape index (κ3) is 4.30. The molecule has 25 heavy (non-hydrogen) atoms. The number of carbonyl (C=O) groups is 2. The molecule has 0 bridgehead atoms. The summed E-state index contributed by atoms with van der Waals surface area (Å²) >= 11 is 0. The lowest BCUT2D eigenvalue weighted by atomic mass is 9.92. The van der Waals surface area contributed by atoms with Crippen LogP contribution in [-0.4, -0.2) is 59.4 Å². The van der Waals surface area contributed by atoms with Crippen LogP contribution in [0.5, 0.6) is 0 Å². The van der Waals surface area contributed by atoms with Crippen LogP contribution < -0.4 is 5.32 Å². The molecule has 3 amide bonds. The zero-order valence-electron chi connectivity index (χ0n) is 15.1. The molecule has 136 valence electrons. The highest BCUT2D eigenvalue weighted by Crippen LogP contribution is 2.26. The summed E-state index contributed by atoms with van der Waals surface area (Å²) in [6, 6.07) is 4.04. The number of pyridine rings is 1. The number of aromatic nitrogens is 1. The Kier molecular flexibility index (Phi) is 5.56. The van der Waals surface area contributed by atoms with Crippen molar-refractivity contribution >= 4 is 11.9 Å². The molecule has 6 heteroatoms. The molecule has 2 aliphatic heterocycles. The van der Waals surface area contributed by atoms with Gasteiger partial charge in [0.05, 0.1) is 0 Å². The van der Waals surface area contributed by atoms with Crippen LogP contribution in [0.25, 0.3) is 0 Å². The minimum absolute atomic E-state index is 0.0117. The number of piperidine rings is 1. The van der Waals surface area contributed by atoms with E-state index >= 15 is 0 Å². The average molecular weight is 344 g/mol. The van der Waals surface area contributed by atoms with Gasteiger partial charge in [-0.2, -0.15) is 0 Å². The lowest BCUT2D eigenvalue weighted by Crippen LogP contribution is -2.54. The van der Waals surface area contributed by atoms with Crippen LogP contribution in [0.1, 0.15) is 38.2 Å². The quantitative estimate of drug-likeness (QED) is 0.909. The van der Waals surface area contributed by atoms with Gasteiger partial charge in [-0.15, -0.1) is 0 Å². The molecule has 2 saturated heterocycles. The maximum Gasteiger partial charge on any atom is 0.317 e. The molecule has 0 radical (unpaired) electrons. The predicted octanol–water partition coefficient (Wildman–Crippen LogP) is 2.08. The summed E-state index contributed by atoms with van der Waals surface area (Å²) in [4.78, 5) is 32.3. The van der Waals surface area contributed by atoms with Gasteiger partial charge in [0.15, 0.2) is 0 Å². The SMILES string of the molecule is CC(C)C(=O)N1CCC[C@H](CNC(=O)N2CC(c3ccncc3)C2)C1. The Hall–Kier alpha value is -2.11. The van der Waals surface area contributed by atoms with Crippen molar-refractivity contribution in [3.63, 3.8) is 0 Å². The maximum absolute atomic E-state index is 12.3. The van der Waals surface area contributed by atoms with E-state index in [9.17, 15) is 9.59 Å². The second kappa shape index (κ2) is 7.85. The summed E-state index contributed by atoms with van der Waals surface area (Å²) in [5.41, 5.74) is 1.24. The molecule has 1 N–H and O–H groups in total. The Bertz CT molecular complexity index is 599. The third-order valence-corrected chi connectivity index (χ3v) is 5.21. The molecular weight excluding hydrogens is 316 g/mol. The number of likely N-dealkylation sites (tertiary alicyclic amines) is 2. The molecule has 2 aliphatic rings. The van der Waals surface area contributed by atoms with Gasteiger partial charge in [0.25, 0.3) is 0 Å². The van der Waals surface area contributed by atoms with Crippen molar-refractivity contribution in [2.75, 3.05) is 32.7 Å². The first-order chi connectivity index (χ1) is 12.0. The summed E-state index contributed by atoms with van der Waals surface area (Å²) in [6.07, 6.45) is 5.69. The van der Waals surface area contributed by atoms with E-state index in [2.05, 4.69) is 10.3 Å². The van der Waals surface area contributed by atoms with Crippen molar-refractivity contribution in [2.24, 2.45) is 11.8 Å². The molecule has 0 unspecified atom stereocenters. The Morgan fingerprint density at radius 1 is 1.20 bits per heavy atom. The van der Waals surface area contributed by atoms with Crippen LogP contribution in [0.2, 0.25) is 0 Å². The van der Waals surface area contributed by atoms with E-state index in [1.807, 2.05) is 35.8 Å². The minimum atomic E-state index is 0.0117. The third-order valence-electron chi connectivity index (χ3n) is 5.21. The van der Waals surface area contributed by atoms with Gasteiger partial charge < -0.3 is 15.1 Å². The first-order valence-electron chi connectivity index (χ1n) is 9.26. The maximum atomic E-state index is 12.3. The second-order valence-electron chi connectivity index (χ2n) is 7.52. The number of hydrogen-bond donors (Lipinski definition) is 1. The topological polar surface area (TPSA) is 65.5 Å². The van der Waals surface area contributed by atoms with E-state index in [-0.39, 0.29) is 17.9 Å². The van der Waals surface area contributed by atoms with Crippen molar-refractivity contribution in [1.29, 1.82) is 0 Å². The van der Waals surface area contributed by atoms with Crippen LogP contribution in [0.15, 0.2) is 24.5 Å². The standard InChI is InChI=1S/C19H28N4O2/c1-14(2)18(24)22-9-3-4-15(11-22)10-21-19(25)23-12-17(13-23)16-5-7-20-8-6-16/h5-8,14-15,17H,3-4,9-13H2,1-2H3,(H,21,25)/t15-/m1/s1. The van der Waals surface area contributed by atoms with E-state index in [4.69, 9.17) is 0 Å². The summed E-state index contributed by atoms with van der Waals surface area (Å²) in [5.74, 6) is 1.04. The predicted molar refractivity (Wildman–Crippen MR) is 96.1 cm³/mol. The molecule has 6 nitrogen and oxygen atoms in total. The Labute approximate surface area is 149 Å². The van der Waals surface area contributed by atoms with Crippen molar-refractivity contribution in [3.05, 3.63) is 30.1 Å². The van der Waals surface area contributed by atoms with Gasteiger partial charge in [0, 0.05) is 57.0 Å². The molecule has 0 saturated carbocycles. The van der Waals surface area contributed by atoms with E-state index in [0.29, 0.717) is 18.4 Å². The normalized spacial score (nSPS) is 21.2. The molecular formula is C19H28N4O2. The monoisotopic (exact) mass is 344 g/mol. The van der Waals surface area contributed by atoms with Gasteiger partial charge in [-0.1, -0.05) is 13.8 Å². The number of rotatable bonds is 4. The van der Waals surface area contributed by atoms with Crippen molar-refractivity contribution in [2.45, 2.75) is 32.6 Å². The Morgan fingerprint density at radius 2 is 1.92 bits per heavy atom. The van der Waals surface area contributed by atoms with Gasteiger partial charge in [-0.25, -0.2) is 4.79 Å². The summed E-state index contributed by atoms with van der Waals surface area (Å²) in [5, 5.41) is 3.05. The molecule has 3 rings (SSSR count).